The van der Waals surface area contributed by atoms with Crippen molar-refractivity contribution in [2.45, 2.75) is 12.3 Å². The van der Waals surface area contributed by atoms with Crippen LogP contribution in [-0.4, -0.2) is 0 Å². The van der Waals surface area contributed by atoms with Crippen LogP contribution in [0.4, 0.5) is 4.39 Å². The van der Waals surface area contributed by atoms with E-state index in [1.165, 1.54) is 16.7 Å². The molecule has 0 radical (unpaired) electrons. The second-order valence-corrected chi connectivity index (χ2v) is 5.18. The average Bonchev–Trinajstić information content (AvgIpc) is 3.12. The largest absolute Gasteiger partial charge is 0.344 e. The topological polar surface area (TPSA) is 35.0 Å². The lowest BCUT2D eigenvalue weighted by atomic mass is 9.90. The fourth-order valence-electron chi connectivity index (χ4n) is 3.15. The van der Waals surface area contributed by atoms with Gasteiger partial charge in [-0.1, -0.05) is 42.5 Å². The molecular formula is C17H16FN. The lowest BCUT2D eigenvalue weighted by Crippen LogP contribution is -2.03. The van der Waals surface area contributed by atoms with Crippen molar-refractivity contribution in [3.63, 3.8) is 0 Å². The second-order valence-electron chi connectivity index (χ2n) is 5.18. The first-order chi connectivity index (χ1) is 8.83. The summed E-state index contributed by atoms with van der Waals surface area (Å²) in [4.78, 5) is 0. The van der Waals surface area contributed by atoms with Crippen molar-refractivity contribution in [3.8, 4) is 0 Å². The summed E-state index contributed by atoms with van der Waals surface area (Å²) in [6, 6.07) is 15.8. The van der Waals surface area contributed by atoms with Gasteiger partial charge in [-0.25, -0.2) is 4.39 Å². The quantitative estimate of drug-likeness (QED) is 0.848. The molecule has 19 heavy (non-hydrogen) atoms. The monoisotopic (exact) mass is 253 g/mol. The first-order valence-corrected chi connectivity index (χ1v) is 6.38. The Morgan fingerprint density at radius 3 is 2.58 bits per heavy atom. The van der Waals surface area contributed by atoms with Crippen LogP contribution in [0.5, 0.6) is 0 Å². The molecule has 0 saturated heterocycles. The standard InChI is InChI=1S/C17H13F.H3N/c18-12-6-7-13-14(8-11-4-2-1-3-5-11)16-10-17(16)15(13)9-12;/h1-7,9-10,14,16H,8H2;1H3. The molecule has 2 aromatic carbocycles. The number of allylic oxidation sites excluding steroid dienone is 2. The molecule has 0 fully saturated rings. The Hall–Kier alpha value is -1.93. The van der Waals surface area contributed by atoms with E-state index in [-0.39, 0.29) is 12.0 Å². The van der Waals surface area contributed by atoms with Crippen LogP contribution in [0, 0.1) is 11.7 Å². The maximum Gasteiger partial charge on any atom is 0.123 e. The lowest BCUT2D eigenvalue weighted by Gasteiger charge is -2.14. The minimum absolute atomic E-state index is 0. The molecule has 0 amide bonds. The van der Waals surface area contributed by atoms with E-state index in [1.54, 1.807) is 12.1 Å². The van der Waals surface area contributed by atoms with Crippen LogP contribution in [0.3, 0.4) is 0 Å². The molecule has 0 spiro atoms. The van der Waals surface area contributed by atoms with Gasteiger partial charge in [0.15, 0.2) is 0 Å². The molecular weight excluding hydrogens is 237 g/mol. The summed E-state index contributed by atoms with van der Waals surface area (Å²) >= 11 is 0. The summed E-state index contributed by atoms with van der Waals surface area (Å²) in [5, 5.41) is 0. The molecule has 3 N–H and O–H groups in total. The number of rotatable bonds is 2. The molecule has 0 heterocycles. The number of fused-ring (bicyclic) bond motifs is 3. The van der Waals surface area contributed by atoms with E-state index < -0.39 is 0 Å². The van der Waals surface area contributed by atoms with Gasteiger partial charge in [-0.05, 0) is 46.7 Å². The maximum atomic E-state index is 13.3. The Labute approximate surface area is 112 Å². The van der Waals surface area contributed by atoms with Gasteiger partial charge in [0.05, 0.1) is 0 Å². The smallest absolute Gasteiger partial charge is 0.123 e. The molecule has 1 nitrogen and oxygen atoms in total. The minimum atomic E-state index is -0.124. The summed E-state index contributed by atoms with van der Waals surface area (Å²) in [7, 11) is 0. The predicted octanol–water partition coefficient (Wildman–Crippen LogP) is 4.34. The van der Waals surface area contributed by atoms with Gasteiger partial charge >= 0.3 is 0 Å². The fraction of sp³-hybridized carbons (Fsp3) is 0.176. The summed E-state index contributed by atoms with van der Waals surface area (Å²) in [5.41, 5.74) is 5.17. The molecule has 2 aliphatic rings. The summed E-state index contributed by atoms with van der Waals surface area (Å²) < 4.78 is 13.3. The zero-order valence-electron chi connectivity index (χ0n) is 10.6. The van der Waals surface area contributed by atoms with Crippen LogP contribution in [-0.2, 0) is 6.42 Å². The average molecular weight is 253 g/mol. The van der Waals surface area contributed by atoms with Gasteiger partial charge in [0.25, 0.3) is 0 Å². The fourth-order valence-corrected chi connectivity index (χ4v) is 3.15. The van der Waals surface area contributed by atoms with E-state index in [4.69, 9.17) is 0 Å². The molecule has 0 aromatic heterocycles. The third-order valence-electron chi connectivity index (χ3n) is 4.07. The zero-order valence-corrected chi connectivity index (χ0v) is 10.6. The van der Waals surface area contributed by atoms with Gasteiger partial charge in [0.1, 0.15) is 5.82 Å². The van der Waals surface area contributed by atoms with Crippen molar-refractivity contribution < 1.29 is 4.39 Å². The zero-order chi connectivity index (χ0) is 12.1. The highest BCUT2D eigenvalue weighted by Gasteiger charge is 2.43. The molecule has 2 heteroatoms. The van der Waals surface area contributed by atoms with Gasteiger partial charge in [-0.2, -0.15) is 0 Å². The minimum Gasteiger partial charge on any atom is -0.344 e. The molecule has 2 atom stereocenters. The number of halogens is 1. The molecule has 0 aliphatic heterocycles. The molecule has 0 bridgehead atoms. The first-order valence-electron chi connectivity index (χ1n) is 6.38. The van der Waals surface area contributed by atoms with Crippen LogP contribution in [0.25, 0.3) is 5.57 Å². The molecule has 0 saturated carbocycles. The van der Waals surface area contributed by atoms with E-state index in [0.29, 0.717) is 11.8 Å². The third-order valence-corrected chi connectivity index (χ3v) is 4.07. The van der Waals surface area contributed by atoms with Crippen LogP contribution < -0.4 is 6.15 Å². The first kappa shape index (κ1) is 12.1. The van der Waals surface area contributed by atoms with E-state index in [9.17, 15) is 4.39 Å². The van der Waals surface area contributed by atoms with Crippen molar-refractivity contribution in [3.05, 3.63) is 77.1 Å². The molecule has 2 aliphatic carbocycles. The van der Waals surface area contributed by atoms with Gasteiger partial charge in [-0.3, -0.25) is 0 Å². The molecule has 96 valence electrons. The summed E-state index contributed by atoms with van der Waals surface area (Å²) in [5.74, 6) is 0.945. The van der Waals surface area contributed by atoms with Gasteiger partial charge < -0.3 is 6.15 Å². The second kappa shape index (κ2) is 4.32. The Morgan fingerprint density at radius 2 is 1.79 bits per heavy atom. The van der Waals surface area contributed by atoms with Crippen molar-refractivity contribution in [2.75, 3.05) is 0 Å². The van der Waals surface area contributed by atoms with Gasteiger partial charge in [0.2, 0.25) is 0 Å². The molecule has 4 rings (SSSR count). The van der Waals surface area contributed by atoms with E-state index in [0.717, 1.165) is 12.0 Å². The van der Waals surface area contributed by atoms with Gasteiger partial charge in [0, 0.05) is 5.92 Å². The van der Waals surface area contributed by atoms with Crippen molar-refractivity contribution >= 4 is 5.57 Å². The summed E-state index contributed by atoms with van der Waals surface area (Å²) in [6.45, 7) is 0. The SMILES string of the molecule is Fc1ccc2c(c1)C1=CC1C2Cc1ccccc1.N. The number of hydrogen-bond acceptors (Lipinski definition) is 1. The molecule has 2 unspecified atom stereocenters. The number of benzene rings is 2. The highest BCUT2D eigenvalue weighted by molar-refractivity contribution is 5.88. The Kier molecular flexibility index (Phi) is 2.76. The molecule has 2 aromatic rings. The van der Waals surface area contributed by atoms with Gasteiger partial charge in [-0.15, -0.1) is 0 Å². The number of hydrogen-bond donors (Lipinski definition) is 1. The summed E-state index contributed by atoms with van der Waals surface area (Å²) in [6.07, 6.45) is 3.32. The van der Waals surface area contributed by atoms with Crippen molar-refractivity contribution in [1.29, 1.82) is 0 Å². The third kappa shape index (κ3) is 1.89. The lowest BCUT2D eigenvalue weighted by molar-refractivity contribution is 0.623. The Morgan fingerprint density at radius 1 is 1.00 bits per heavy atom. The van der Waals surface area contributed by atoms with Crippen LogP contribution in [0.2, 0.25) is 0 Å². The Bertz CT molecular complexity index is 646. The van der Waals surface area contributed by atoms with Crippen molar-refractivity contribution in [2.24, 2.45) is 5.92 Å². The van der Waals surface area contributed by atoms with Crippen LogP contribution in [0.15, 0.2) is 54.6 Å². The highest BCUT2D eigenvalue weighted by atomic mass is 19.1. The van der Waals surface area contributed by atoms with E-state index in [1.807, 2.05) is 12.1 Å². The van der Waals surface area contributed by atoms with E-state index in [2.05, 4.69) is 30.3 Å². The maximum absolute atomic E-state index is 13.3. The van der Waals surface area contributed by atoms with Crippen LogP contribution in [0.1, 0.15) is 22.6 Å². The Balaban J connectivity index is 0.00000110. The van der Waals surface area contributed by atoms with E-state index >= 15 is 0 Å². The highest BCUT2D eigenvalue weighted by Crippen LogP contribution is 2.57. The van der Waals surface area contributed by atoms with Crippen LogP contribution >= 0.6 is 0 Å². The normalized spacial score (nSPS) is 22.1. The predicted molar refractivity (Wildman–Crippen MR) is 75.8 cm³/mol. The van der Waals surface area contributed by atoms with Crippen molar-refractivity contribution in [1.82, 2.24) is 6.15 Å².